The molecule has 2 aliphatic rings. The van der Waals surface area contributed by atoms with Gasteiger partial charge in [0.05, 0.1) is 19.2 Å². The van der Waals surface area contributed by atoms with Crippen molar-refractivity contribution in [1.29, 1.82) is 0 Å². The largest absolute Gasteiger partial charge is 0.387 e. The zero-order chi connectivity index (χ0) is 20.5. The van der Waals surface area contributed by atoms with Crippen molar-refractivity contribution in [2.45, 2.75) is 33.4 Å². The molecule has 0 aliphatic carbocycles. The van der Waals surface area contributed by atoms with Crippen molar-refractivity contribution in [2.24, 2.45) is 0 Å². The highest BCUT2D eigenvalue weighted by Gasteiger charge is 2.25. The van der Waals surface area contributed by atoms with Crippen molar-refractivity contribution >= 4 is 34.6 Å². The van der Waals surface area contributed by atoms with E-state index in [1.54, 1.807) is 27.7 Å². The SMILES string of the molecule is CC1=CC=C(Cn2c(C)nc(N3CC=C(c4cc(C)cs4)[C@@H](O)C3)nc2=O)CS1. The van der Waals surface area contributed by atoms with Crippen LogP contribution >= 0.6 is 23.1 Å². The molecule has 0 aromatic carbocycles. The first kappa shape index (κ1) is 20.1. The molecule has 6 nitrogen and oxygen atoms in total. The smallest absolute Gasteiger partial charge is 0.352 e. The van der Waals surface area contributed by atoms with Gasteiger partial charge in [0, 0.05) is 17.2 Å². The fourth-order valence-corrected chi connectivity index (χ4v) is 5.17. The van der Waals surface area contributed by atoms with Crippen molar-refractivity contribution < 1.29 is 5.11 Å². The van der Waals surface area contributed by atoms with Gasteiger partial charge >= 0.3 is 5.69 Å². The van der Waals surface area contributed by atoms with E-state index in [0.717, 1.165) is 16.2 Å². The summed E-state index contributed by atoms with van der Waals surface area (Å²) in [5.74, 6) is 1.89. The van der Waals surface area contributed by atoms with Gasteiger partial charge < -0.3 is 10.0 Å². The lowest BCUT2D eigenvalue weighted by Gasteiger charge is -2.30. The normalized spacial score (nSPS) is 19.7. The Morgan fingerprint density at radius 2 is 2.07 bits per heavy atom. The summed E-state index contributed by atoms with van der Waals surface area (Å²) in [6.45, 7) is 7.41. The molecule has 4 heterocycles. The summed E-state index contributed by atoms with van der Waals surface area (Å²) in [6, 6.07) is 2.09. The standard InChI is InChI=1S/C21H24N4O2S2/c1-13-8-19(29-11-13)17-6-7-24(10-18(17)26)20-22-15(3)25(21(27)23-20)9-16-5-4-14(2)28-12-16/h4-6,8,11,18,26H,7,9-10,12H2,1-3H3/t18-/m0/s1. The van der Waals surface area contributed by atoms with Crippen LogP contribution in [0.3, 0.4) is 0 Å². The van der Waals surface area contributed by atoms with Gasteiger partial charge in [-0.2, -0.15) is 9.97 Å². The number of thioether (sulfide) groups is 1. The highest BCUT2D eigenvalue weighted by Crippen LogP contribution is 2.29. The zero-order valence-electron chi connectivity index (χ0n) is 16.8. The molecule has 0 unspecified atom stereocenters. The fourth-order valence-electron chi connectivity index (χ4n) is 3.41. The van der Waals surface area contributed by atoms with Crippen LogP contribution in [0.1, 0.15) is 23.2 Å². The Morgan fingerprint density at radius 3 is 2.69 bits per heavy atom. The molecular formula is C21H24N4O2S2. The quantitative estimate of drug-likeness (QED) is 0.807. The van der Waals surface area contributed by atoms with Crippen LogP contribution < -0.4 is 10.6 Å². The van der Waals surface area contributed by atoms with Crippen LogP contribution in [0.25, 0.3) is 5.57 Å². The molecule has 2 aromatic rings. The van der Waals surface area contributed by atoms with E-state index in [1.165, 1.54) is 16.0 Å². The van der Waals surface area contributed by atoms with Gasteiger partial charge in [-0.25, -0.2) is 4.79 Å². The van der Waals surface area contributed by atoms with Crippen LogP contribution in [0, 0.1) is 13.8 Å². The van der Waals surface area contributed by atoms with Crippen LogP contribution in [-0.2, 0) is 6.54 Å². The predicted molar refractivity (Wildman–Crippen MR) is 121 cm³/mol. The molecule has 152 valence electrons. The minimum atomic E-state index is -0.632. The van der Waals surface area contributed by atoms with Crippen LogP contribution in [0.5, 0.6) is 0 Å². The molecule has 2 aromatic heterocycles. The minimum Gasteiger partial charge on any atom is -0.387 e. The maximum Gasteiger partial charge on any atom is 0.352 e. The third kappa shape index (κ3) is 4.39. The van der Waals surface area contributed by atoms with Crippen molar-refractivity contribution in [3.8, 4) is 0 Å². The Bertz CT molecular complexity index is 1080. The fraction of sp³-hybridized carbons (Fsp3) is 0.381. The first-order chi connectivity index (χ1) is 13.9. The number of rotatable bonds is 4. The monoisotopic (exact) mass is 428 g/mol. The van der Waals surface area contributed by atoms with Gasteiger partial charge in [-0.1, -0.05) is 18.2 Å². The number of hydrogen-bond donors (Lipinski definition) is 1. The number of aromatic nitrogens is 3. The third-order valence-electron chi connectivity index (χ3n) is 5.06. The molecule has 0 spiro atoms. The van der Waals surface area contributed by atoms with Gasteiger partial charge in [0.25, 0.3) is 0 Å². The minimum absolute atomic E-state index is 0.303. The molecule has 8 heteroatoms. The number of β-amino-alcohol motifs (C(OH)–C–C–N with tert-alkyl or cyclic N) is 1. The topological polar surface area (TPSA) is 71.2 Å². The lowest BCUT2D eigenvalue weighted by molar-refractivity contribution is 0.233. The van der Waals surface area contributed by atoms with Crippen molar-refractivity contribution in [2.75, 3.05) is 23.7 Å². The molecule has 2 aliphatic heterocycles. The zero-order valence-corrected chi connectivity index (χ0v) is 18.4. The van der Waals surface area contributed by atoms with E-state index in [4.69, 9.17) is 0 Å². The second-order valence-corrected chi connectivity index (χ2v) is 9.53. The first-order valence-electron chi connectivity index (χ1n) is 9.54. The van der Waals surface area contributed by atoms with Crippen molar-refractivity contribution in [3.05, 3.63) is 66.9 Å². The molecule has 0 fully saturated rings. The first-order valence-corrected chi connectivity index (χ1v) is 11.4. The summed E-state index contributed by atoms with van der Waals surface area (Å²) in [6.07, 6.45) is 5.52. The summed E-state index contributed by atoms with van der Waals surface area (Å²) in [5, 5.41) is 12.7. The molecule has 29 heavy (non-hydrogen) atoms. The summed E-state index contributed by atoms with van der Waals surface area (Å²) in [5.41, 5.74) is 3.01. The number of aryl methyl sites for hydroxylation is 2. The van der Waals surface area contributed by atoms with Crippen LogP contribution in [0.2, 0.25) is 0 Å². The van der Waals surface area contributed by atoms with Gasteiger partial charge in [-0.15, -0.1) is 23.1 Å². The average Bonchev–Trinajstić information content (AvgIpc) is 3.12. The number of nitrogens with zero attached hydrogens (tertiary/aromatic N) is 4. The Kier molecular flexibility index (Phi) is 5.76. The summed E-state index contributed by atoms with van der Waals surface area (Å²) in [4.78, 5) is 25.7. The van der Waals surface area contributed by atoms with Crippen LogP contribution in [0.4, 0.5) is 5.95 Å². The summed E-state index contributed by atoms with van der Waals surface area (Å²) >= 11 is 3.42. The molecule has 1 N–H and O–H groups in total. The van der Waals surface area contributed by atoms with Crippen molar-refractivity contribution in [1.82, 2.24) is 14.5 Å². The van der Waals surface area contributed by atoms with E-state index in [1.807, 2.05) is 24.8 Å². The Balaban J connectivity index is 1.54. The van der Waals surface area contributed by atoms with E-state index >= 15 is 0 Å². The van der Waals surface area contributed by atoms with Crippen LogP contribution in [-0.4, -0.2) is 44.6 Å². The molecule has 4 rings (SSSR count). The molecule has 0 bridgehead atoms. The number of anilines is 1. The van der Waals surface area contributed by atoms with E-state index in [2.05, 4.69) is 40.5 Å². The average molecular weight is 429 g/mol. The lowest BCUT2D eigenvalue weighted by atomic mass is 10.0. The number of aliphatic hydroxyl groups excluding tert-OH is 1. The van der Waals surface area contributed by atoms with E-state index in [9.17, 15) is 9.90 Å². The van der Waals surface area contributed by atoms with Crippen molar-refractivity contribution in [3.63, 3.8) is 0 Å². The summed E-state index contributed by atoms with van der Waals surface area (Å²) < 4.78 is 1.61. The van der Waals surface area contributed by atoms with Gasteiger partial charge in [-0.05, 0) is 53.8 Å². The number of aliphatic hydroxyl groups is 1. The second kappa shape index (κ2) is 8.30. The van der Waals surface area contributed by atoms with Crippen LogP contribution in [0.15, 0.2) is 44.9 Å². The van der Waals surface area contributed by atoms with E-state index in [-0.39, 0.29) is 5.69 Å². The number of allylic oxidation sites excluding steroid dienone is 3. The van der Waals surface area contributed by atoms with Gasteiger partial charge in [0.15, 0.2) is 0 Å². The highest BCUT2D eigenvalue weighted by atomic mass is 32.2. The Morgan fingerprint density at radius 1 is 1.24 bits per heavy atom. The predicted octanol–water partition coefficient (Wildman–Crippen LogP) is 3.16. The lowest BCUT2D eigenvalue weighted by Crippen LogP contribution is -2.40. The van der Waals surface area contributed by atoms with E-state index < -0.39 is 6.10 Å². The highest BCUT2D eigenvalue weighted by molar-refractivity contribution is 8.03. The summed E-state index contributed by atoms with van der Waals surface area (Å²) in [7, 11) is 0. The van der Waals surface area contributed by atoms with E-state index in [0.29, 0.717) is 31.4 Å². The maximum absolute atomic E-state index is 12.7. The molecule has 0 saturated carbocycles. The molecule has 0 saturated heterocycles. The molecular weight excluding hydrogens is 404 g/mol. The molecule has 0 radical (unpaired) electrons. The number of hydrogen-bond acceptors (Lipinski definition) is 7. The molecule has 0 amide bonds. The maximum atomic E-state index is 12.7. The second-order valence-electron chi connectivity index (χ2n) is 7.40. The van der Waals surface area contributed by atoms with Gasteiger partial charge in [-0.3, -0.25) is 4.57 Å². The molecule has 1 atom stereocenters. The third-order valence-corrected chi connectivity index (χ3v) is 7.26. The Labute approximate surface area is 178 Å². The Hall–Kier alpha value is -2.16. The van der Waals surface area contributed by atoms with Gasteiger partial charge in [0.1, 0.15) is 5.82 Å². The van der Waals surface area contributed by atoms with Gasteiger partial charge in [0.2, 0.25) is 5.95 Å². The number of thiophene rings is 1.